The minimum Gasteiger partial charge on any atom is -0.324 e. The van der Waals surface area contributed by atoms with Gasteiger partial charge in [-0.1, -0.05) is 54.6 Å². The Morgan fingerprint density at radius 1 is 1.20 bits per heavy atom. The third-order valence-corrected chi connectivity index (χ3v) is 5.24. The zero-order valence-corrected chi connectivity index (χ0v) is 15.7. The summed E-state index contributed by atoms with van der Waals surface area (Å²) in [4.78, 5) is 17.0. The summed E-state index contributed by atoms with van der Waals surface area (Å²) >= 11 is 7.54. The highest BCUT2D eigenvalue weighted by atomic mass is 35.5. The molecular weight excluding hydrogens is 352 g/mol. The van der Waals surface area contributed by atoms with Crippen LogP contribution in [0.4, 0.5) is 5.69 Å². The first-order valence-corrected chi connectivity index (χ1v) is 9.50. The van der Waals surface area contributed by atoms with Crippen molar-refractivity contribution in [3.63, 3.8) is 0 Å². The largest absolute Gasteiger partial charge is 0.324 e. The summed E-state index contributed by atoms with van der Waals surface area (Å²) in [6, 6.07) is 15.6. The van der Waals surface area contributed by atoms with E-state index in [9.17, 15) is 4.79 Å². The van der Waals surface area contributed by atoms with Gasteiger partial charge in [0.25, 0.3) is 0 Å². The van der Waals surface area contributed by atoms with Crippen LogP contribution in [0, 0.1) is 6.92 Å². The van der Waals surface area contributed by atoms with E-state index in [2.05, 4.69) is 43.4 Å². The van der Waals surface area contributed by atoms with Crippen LogP contribution in [0.2, 0.25) is 5.02 Å². The van der Waals surface area contributed by atoms with Gasteiger partial charge in [-0.15, -0.1) is 0 Å². The molecule has 3 rings (SSSR count). The molecule has 0 radical (unpaired) electrons. The van der Waals surface area contributed by atoms with Crippen LogP contribution in [-0.4, -0.2) is 16.6 Å². The summed E-state index contributed by atoms with van der Waals surface area (Å²) in [5, 5.41) is 5.42. The lowest BCUT2D eigenvalue weighted by Crippen LogP contribution is -2.14. The molecule has 1 aromatic heterocycles. The summed E-state index contributed by atoms with van der Waals surface area (Å²) in [5.41, 5.74) is 3.93. The van der Waals surface area contributed by atoms with Crippen LogP contribution in [0.1, 0.15) is 18.1 Å². The van der Waals surface area contributed by atoms with Gasteiger partial charge in [0.15, 0.2) is 0 Å². The van der Waals surface area contributed by atoms with Crippen LogP contribution in [-0.2, 0) is 11.2 Å². The summed E-state index contributed by atoms with van der Waals surface area (Å²) < 4.78 is 0. The molecule has 0 atom stereocenters. The zero-order valence-electron chi connectivity index (χ0n) is 14.2. The molecule has 0 spiro atoms. The second kappa shape index (κ2) is 7.89. The topological polar surface area (TPSA) is 42.0 Å². The number of para-hydroxylation sites is 1. The van der Waals surface area contributed by atoms with Crippen molar-refractivity contribution in [1.82, 2.24) is 4.98 Å². The van der Waals surface area contributed by atoms with Crippen LogP contribution < -0.4 is 5.32 Å². The van der Waals surface area contributed by atoms with E-state index in [0.29, 0.717) is 16.5 Å². The molecule has 0 saturated carbocycles. The number of hydrogen-bond donors (Lipinski definition) is 1. The molecule has 128 valence electrons. The number of aromatic nitrogens is 1. The zero-order chi connectivity index (χ0) is 17.8. The van der Waals surface area contributed by atoms with Crippen LogP contribution >= 0.6 is 23.4 Å². The van der Waals surface area contributed by atoms with Gasteiger partial charge in [0.05, 0.1) is 22.0 Å². The number of hydrogen-bond acceptors (Lipinski definition) is 3. The number of pyridine rings is 1. The monoisotopic (exact) mass is 370 g/mol. The number of nitrogens with one attached hydrogen (secondary N) is 1. The first-order valence-electron chi connectivity index (χ1n) is 8.14. The predicted octanol–water partition coefficient (Wildman–Crippen LogP) is 5.49. The first-order chi connectivity index (χ1) is 12.1. The molecule has 1 N–H and O–H groups in total. The maximum absolute atomic E-state index is 12.2. The normalized spacial score (nSPS) is 10.8. The summed E-state index contributed by atoms with van der Waals surface area (Å²) in [7, 11) is 0. The Hall–Kier alpha value is -2.04. The van der Waals surface area contributed by atoms with Crippen molar-refractivity contribution in [2.75, 3.05) is 11.1 Å². The Bertz CT molecular complexity index is 927. The summed E-state index contributed by atoms with van der Waals surface area (Å²) in [5.74, 6) is 0.203. The van der Waals surface area contributed by atoms with Gasteiger partial charge in [-0.05, 0) is 48.7 Å². The number of carbonyl (C=O) groups excluding carboxylic acids is 1. The third kappa shape index (κ3) is 4.33. The molecule has 1 amide bonds. The number of anilines is 1. The Labute approximate surface area is 156 Å². The highest BCUT2D eigenvalue weighted by Gasteiger charge is 2.11. The second-order valence-electron chi connectivity index (χ2n) is 5.82. The fourth-order valence-electron chi connectivity index (χ4n) is 2.56. The predicted molar refractivity (Wildman–Crippen MR) is 107 cm³/mol. The average Bonchev–Trinajstić information content (AvgIpc) is 2.61. The van der Waals surface area contributed by atoms with E-state index in [1.807, 2.05) is 12.1 Å². The lowest BCUT2D eigenvalue weighted by Gasteiger charge is -2.10. The molecule has 0 bridgehead atoms. The van der Waals surface area contributed by atoms with Crippen molar-refractivity contribution in [3.8, 4) is 0 Å². The highest BCUT2D eigenvalue weighted by molar-refractivity contribution is 8.00. The van der Waals surface area contributed by atoms with Crippen molar-refractivity contribution < 1.29 is 4.79 Å². The molecule has 0 unspecified atom stereocenters. The van der Waals surface area contributed by atoms with E-state index in [0.717, 1.165) is 27.9 Å². The van der Waals surface area contributed by atoms with Crippen molar-refractivity contribution in [2.24, 2.45) is 0 Å². The molecule has 0 aliphatic carbocycles. The highest BCUT2D eigenvalue weighted by Crippen LogP contribution is 2.27. The number of rotatable bonds is 5. The van der Waals surface area contributed by atoms with Crippen molar-refractivity contribution in [3.05, 3.63) is 64.7 Å². The smallest absolute Gasteiger partial charge is 0.234 e. The molecule has 0 aliphatic heterocycles. The lowest BCUT2D eigenvalue weighted by molar-refractivity contribution is -0.113. The van der Waals surface area contributed by atoms with E-state index in [4.69, 9.17) is 16.6 Å². The standard InChI is InChI=1S/C20H19ClN2OS/c1-3-14-11-15-9-8-13(2)10-18(15)23-20(14)25-12-19(24)22-17-7-5-4-6-16(17)21/h4-11H,3,12H2,1-2H3,(H,22,24). The number of benzene rings is 2. The van der Waals surface area contributed by atoms with E-state index in [-0.39, 0.29) is 5.91 Å². The molecule has 3 aromatic rings. The Morgan fingerprint density at radius 2 is 2.00 bits per heavy atom. The molecule has 5 heteroatoms. The van der Waals surface area contributed by atoms with E-state index < -0.39 is 0 Å². The van der Waals surface area contributed by atoms with Crippen molar-refractivity contribution in [1.29, 1.82) is 0 Å². The fraction of sp³-hybridized carbons (Fsp3) is 0.200. The molecule has 0 saturated heterocycles. The maximum Gasteiger partial charge on any atom is 0.234 e. The number of thioether (sulfide) groups is 1. The van der Waals surface area contributed by atoms with E-state index in [1.165, 1.54) is 17.3 Å². The van der Waals surface area contributed by atoms with Crippen molar-refractivity contribution >= 4 is 45.9 Å². The van der Waals surface area contributed by atoms with Gasteiger partial charge in [0, 0.05) is 5.39 Å². The molecule has 0 fully saturated rings. The maximum atomic E-state index is 12.2. The number of aryl methyl sites for hydroxylation is 2. The molecule has 25 heavy (non-hydrogen) atoms. The second-order valence-corrected chi connectivity index (χ2v) is 7.19. The van der Waals surface area contributed by atoms with Crippen molar-refractivity contribution in [2.45, 2.75) is 25.3 Å². The van der Waals surface area contributed by atoms with Crippen LogP contribution in [0.5, 0.6) is 0 Å². The summed E-state index contributed by atoms with van der Waals surface area (Å²) in [6.07, 6.45) is 0.880. The third-order valence-electron chi connectivity index (χ3n) is 3.88. The number of halogens is 1. The SMILES string of the molecule is CCc1cc2ccc(C)cc2nc1SCC(=O)Nc1ccccc1Cl. The number of fused-ring (bicyclic) bond motifs is 1. The van der Waals surface area contributed by atoms with Crippen LogP contribution in [0.25, 0.3) is 10.9 Å². The molecule has 0 aliphatic rings. The molecule has 1 heterocycles. The van der Waals surface area contributed by atoms with Gasteiger partial charge in [-0.25, -0.2) is 4.98 Å². The van der Waals surface area contributed by atoms with Crippen LogP contribution in [0.15, 0.2) is 53.6 Å². The van der Waals surface area contributed by atoms with Gasteiger partial charge in [0.1, 0.15) is 5.03 Å². The van der Waals surface area contributed by atoms with Gasteiger partial charge < -0.3 is 5.32 Å². The Balaban J connectivity index is 1.75. The fourth-order valence-corrected chi connectivity index (χ4v) is 3.64. The Kier molecular flexibility index (Phi) is 5.61. The van der Waals surface area contributed by atoms with Gasteiger partial charge in [-0.2, -0.15) is 0 Å². The molecular formula is C20H19ClN2OS. The van der Waals surface area contributed by atoms with Gasteiger partial charge in [0.2, 0.25) is 5.91 Å². The Morgan fingerprint density at radius 3 is 2.76 bits per heavy atom. The number of amides is 1. The van der Waals surface area contributed by atoms with E-state index in [1.54, 1.807) is 12.1 Å². The minimum atomic E-state index is -0.0914. The average molecular weight is 371 g/mol. The van der Waals surface area contributed by atoms with E-state index >= 15 is 0 Å². The quantitative estimate of drug-likeness (QED) is 0.604. The summed E-state index contributed by atoms with van der Waals surface area (Å²) in [6.45, 7) is 4.16. The van der Waals surface area contributed by atoms with Crippen LogP contribution in [0.3, 0.4) is 0 Å². The molecule has 3 nitrogen and oxygen atoms in total. The minimum absolute atomic E-state index is 0.0914. The molecule has 2 aromatic carbocycles. The van der Waals surface area contributed by atoms with Gasteiger partial charge in [-0.3, -0.25) is 4.79 Å². The van der Waals surface area contributed by atoms with Gasteiger partial charge >= 0.3 is 0 Å². The first kappa shape index (κ1) is 17.8. The number of carbonyl (C=O) groups is 1. The number of nitrogens with zero attached hydrogens (tertiary/aromatic N) is 1. The lowest BCUT2D eigenvalue weighted by atomic mass is 10.1.